The maximum absolute atomic E-state index is 12.7. The van der Waals surface area contributed by atoms with Gasteiger partial charge in [0.05, 0.1) is 11.6 Å². The van der Waals surface area contributed by atoms with Crippen molar-refractivity contribution in [1.82, 2.24) is 0 Å². The Balaban J connectivity index is 2.37. The highest BCUT2D eigenvalue weighted by Crippen LogP contribution is 2.30. The van der Waals surface area contributed by atoms with Crippen molar-refractivity contribution in [2.75, 3.05) is 6.67 Å². The van der Waals surface area contributed by atoms with Crippen LogP contribution in [0.5, 0.6) is 5.75 Å². The standard InChI is InChI=1S/C21H25FO5S/c1-2-18(12-6-5-11-17-22)21(23,26-19-13-7-3-8-14-19)27-28(24,25)20-15-9-4-10-16-20/h3-4,7-10,12-16,23H,2,5-6,11,17H2,1H3. The van der Waals surface area contributed by atoms with E-state index in [1.165, 1.54) is 12.1 Å². The molecule has 0 bridgehead atoms. The molecule has 0 aliphatic heterocycles. The monoisotopic (exact) mass is 408 g/mol. The Kier molecular flexibility index (Phi) is 8.17. The molecule has 7 heteroatoms. The summed E-state index contributed by atoms with van der Waals surface area (Å²) >= 11 is 0. The Bertz CT molecular complexity index is 853. The second-order valence-electron chi connectivity index (χ2n) is 6.12. The zero-order chi connectivity index (χ0) is 20.5. The smallest absolute Gasteiger partial charge is 0.364 e. The van der Waals surface area contributed by atoms with E-state index in [2.05, 4.69) is 0 Å². The van der Waals surface area contributed by atoms with Crippen molar-refractivity contribution in [2.24, 2.45) is 0 Å². The van der Waals surface area contributed by atoms with Gasteiger partial charge in [0.1, 0.15) is 5.75 Å². The molecule has 152 valence electrons. The number of para-hydroxylation sites is 1. The molecule has 0 heterocycles. The van der Waals surface area contributed by atoms with Crippen LogP contribution >= 0.6 is 0 Å². The molecule has 0 aliphatic rings. The van der Waals surface area contributed by atoms with Crippen molar-refractivity contribution in [1.29, 1.82) is 0 Å². The third-order valence-corrected chi connectivity index (χ3v) is 5.31. The summed E-state index contributed by atoms with van der Waals surface area (Å²) in [5, 5.41) is 11.1. The van der Waals surface area contributed by atoms with Gasteiger partial charge in [-0.25, -0.2) is 0 Å². The van der Waals surface area contributed by atoms with E-state index in [9.17, 15) is 17.9 Å². The Morgan fingerprint density at radius 2 is 1.68 bits per heavy atom. The molecule has 0 aliphatic carbocycles. The van der Waals surface area contributed by atoms with Crippen molar-refractivity contribution in [2.45, 2.75) is 43.5 Å². The topological polar surface area (TPSA) is 72.8 Å². The summed E-state index contributed by atoms with van der Waals surface area (Å²) in [5.74, 6) is -2.27. The maximum Gasteiger partial charge on any atom is 0.364 e. The number of hydrogen-bond acceptors (Lipinski definition) is 5. The zero-order valence-electron chi connectivity index (χ0n) is 15.8. The van der Waals surface area contributed by atoms with Crippen LogP contribution in [0.3, 0.4) is 0 Å². The summed E-state index contributed by atoms with van der Waals surface area (Å²) in [4.78, 5) is -0.0991. The van der Waals surface area contributed by atoms with Gasteiger partial charge in [0.2, 0.25) is 0 Å². The fraction of sp³-hybridized carbons (Fsp3) is 0.333. The van der Waals surface area contributed by atoms with Crippen LogP contribution in [0.4, 0.5) is 4.39 Å². The molecule has 0 radical (unpaired) electrons. The number of benzene rings is 2. The van der Waals surface area contributed by atoms with Gasteiger partial charge in [-0.1, -0.05) is 49.4 Å². The predicted molar refractivity (Wildman–Crippen MR) is 105 cm³/mol. The van der Waals surface area contributed by atoms with Crippen LogP contribution in [0.15, 0.2) is 77.2 Å². The minimum absolute atomic E-state index is 0.0991. The van der Waals surface area contributed by atoms with Gasteiger partial charge in [0.15, 0.2) is 0 Å². The van der Waals surface area contributed by atoms with Gasteiger partial charge >= 0.3 is 16.1 Å². The summed E-state index contributed by atoms with van der Waals surface area (Å²) < 4.78 is 48.5. The lowest BCUT2D eigenvalue weighted by molar-refractivity contribution is -0.241. The molecule has 1 unspecified atom stereocenters. The third-order valence-electron chi connectivity index (χ3n) is 4.02. The van der Waals surface area contributed by atoms with Crippen LogP contribution in [0, 0.1) is 0 Å². The molecule has 1 N–H and O–H groups in total. The Hall–Kier alpha value is -2.22. The van der Waals surface area contributed by atoms with E-state index in [1.54, 1.807) is 61.5 Å². The Morgan fingerprint density at radius 3 is 2.25 bits per heavy atom. The number of unbranched alkanes of at least 4 members (excludes halogenated alkanes) is 2. The van der Waals surface area contributed by atoms with Crippen LogP contribution in [0.25, 0.3) is 0 Å². The highest BCUT2D eigenvalue weighted by molar-refractivity contribution is 7.86. The van der Waals surface area contributed by atoms with E-state index >= 15 is 0 Å². The van der Waals surface area contributed by atoms with Crippen molar-refractivity contribution < 1.29 is 26.8 Å². The van der Waals surface area contributed by atoms with E-state index in [0.29, 0.717) is 19.3 Å². The highest BCUT2D eigenvalue weighted by atomic mass is 32.2. The number of aliphatic hydroxyl groups is 1. The highest BCUT2D eigenvalue weighted by Gasteiger charge is 2.41. The predicted octanol–water partition coefficient (Wildman–Crippen LogP) is 4.59. The first-order chi connectivity index (χ1) is 13.4. The number of hydrogen-bond donors (Lipinski definition) is 1. The molecule has 0 aromatic heterocycles. The summed E-state index contributed by atoms with van der Waals surface area (Å²) in [6, 6.07) is 15.8. The summed E-state index contributed by atoms with van der Waals surface area (Å²) in [5.41, 5.74) is 0.245. The Morgan fingerprint density at radius 1 is 1.07 bits per heavy atom. The van der Waals surface area contributed by atoms with E-state index in [-0.39, 0.29) is 22.6 Å². The average molecular weight is 408 g/mol. The van der Waals surface area contributed by atoms with Gasteiger partial charge < -0.3 is 9.84 Å². The first kappa shape index (κ1) is 22.1. The maximum atomic E-state index is 12.7. The summed E-state index contributed by atoms with van der Waals surface area (Å²) in [6.07, 6.45) is 3.33. The van der Waals surface area contributed by atoms with E-state index in [1.807, 2.05) is 0 Å². The molecule has 0 spiro atoms. The lowest BCUT2D eigenvalue weighted by Crippen LogP contribution is -2.43. The van der Waals surface area contributed by atoms with Crippen molar-refractivity contribution in [3.8, 4) is 5.75 Å². The van der Waals surface area contributed by atoms with E-state index < -0.39 is 22.8 Å². The SMILES string of the molecule is CCC(=CCCCCF)C(O)(Oc1ccccc1)OS(=O)(=O)c1ccccc1. The van der Waals surface area contributed by atoms with Crippen LogP contribution in [-0.4, -0.2) is 26.2 Å². The van der Waals surface area contributed by atoms with Crippen molar-refractivity contribution in [3.05, 3.63) is 72.3 Å². The molecule has 0 saturated heterocycles. The molecule has 5 nitrogen and oxygen atoms in total. The van der Waals surface area contributed by atoms with Gasteiger partial charge in [0.25, 0.3) is 0 Å². The molecule has 0 amide bonds. The Labute approximate surface area is 165 Å². The molecule has 1 atom stereocenters. The largest absolute Gasteiger partial charge is 0.435 e. The van der Waals surface area contributed by atoms with Crippen LogP contribution < -0.4 is 4.74 Å². The molecule has 2 aromatic carbocycles. The van der Waals surface area contributed by atoms with Gasteiger partial charge in [-0.05, 0) is 49.9 Å². The lowest BCUT2D eigenvalue weighted by Gasteiger charge is -2.30. The first-order valence-corrected chi connectivity index (χ1v) is 10.5. The quantitative estimate of drug-likeness (QED) is 0.255. The van der Waals surface area contributed by atoms with Crippen molar-refractivity contribution in [3.63, 3.8) is 0 Å². The normalized spacial score (nSPS) is 14.5. The second-order valence-corrected chi connectivity index (χ2v) is 7.66. The van der Waals surface area contributed by atoms with Gasteiger partial charge in [-0.2, -0.15) is 12.6 Å². The van der Waals surface area contributed by atoms with Gasteiger partial charge in [-0.15, -0.1) is 0 Å². The van der Waals surface area contributed by atoms with E-state index in [4.69, 9.17) is 8.92 Å². The average Bonchev–Trinajstić information content (AvgIpc) is 2.69. The van der Waals surface area contributed by atoms with Crippen LogP contribution in [-0.2, 0) is 14.3 Å². The third kappa shape index (κ3) is 6.15. The first-order valence-electron chi connectivity index (χ1n) is 9.14. The minimum Gasteiger partial charge on any atom is -0.435 e. The summed E-state index contributed by atoms with van der Waals surface area (Å²) in [6.45, 7) is 1.32. The molecule has 2 aromatic rings. The number of allylic oxidation sites excluding steroid dienone is 1. The number of rotatable bonds is 11. The lowest BCUT2D eigenvalue weighted by atomic mass is 10.1. The fourth-order valence-electron chi connectivity index (χ4n) is 2.58. The van der Waals surface area contributed by atoms with E-state index in [0.717, 1.165) is 0 Å². The molecular formula is C21H25FO5S. The number of alkyl halides is 1. The fourth-order valence-corrected chi connectivity index (χ4v) is 3.61. The van der Waals surface area contributed by atoms with Crippen LogP contribution in [0.1, 0.15) is 32.6 Å². The zero-order valence-corrected chi connectivity index (χ0v) is 16.6. The molecule has 0 fully saturated rings. The number of ether oxygens (including phenoxy) is 1. The minimum atomic E-state index is -4.30. The number of halogens is 1. The molecular weight excluding hydrogens is 383 g/mol. The molecule has 0 saturated carbocycles. The van der Waals surface area contributed by atoms with Crippen LogP contribution in [0.2, 0.25) is 0 Å². The van der Waals surface area contributed by atoms with Gasteiger partial charge in [-0.3, -0.25) is 4.39 Å². The molecule has 2 rings (SSSR count). The van der Waals surface area contributed by atoms with Gasteiger partial charge in [0, 0.05) is 5.57 Å². The van der Waals surface area contributed by atoms with Crippen molar-refractivity contribution >= 4 is 10.1 Å². The summed E-state index contributed by atoms with van der Waals surface area (Å²) in [7, 11) is -4.30. The second kappa shape index (κ2) is 10.4. The molecule has 28 heavy (non-hydrogen) atoms.